The number of benzene rings is 2. The first-order chi connectivity index (χ1) is 14.8. The fraction of sp³-hybridized carbons (Fsp3) is 0. The van der Waals surface area contributed by atoms with Gasteiger partial charge in [0.25, 0.3) is 5.56 Å². The average Bonchev–Trinajstić information content (AvgIpc) is 2.71. The summed E-state index contributed by atoms with van der Waals surface area (Å²) in [4.78, 5) is 36.5. The number of primary amides is 1. The zero-order valence-corrected chi connectivity index (χ0v) is 16.8. The van der Waals surface area contributed by atoms with Crippen molar-refractivity contribution >= 4 is 57.4 Å². The molecule has 1 aromatic heterocycles. The number of anilines is 1. The first-order valence-corrected chi connectivity index (χ1v) is 9.08. The molecule has 0 fully saturated rings. The van der Waals surface area contributed by atoms with Gasteiger partial charge >= 0.3 is 12.1 Å². The lowest BCUT2D eigenvalue weighted by molar-refractivity contribution is -0.129. The van der Waals surface area contributed by atoms with E-state index in [4.69, 9.17) is 38.9 Å². The van der Waals surface area contributed by atoms with Crippen LogP contribution in [0.1, 0.15) is 0 Å². The summed E-state index contributed by atoms with van der Waals surface area (Å²) in [6.07, 6.45) is 0.142. The average molecular weight is 460 g/mol. The Balaban J connectivity index is 1.83. The Kier molecular flexibility index (Phi) is 6.40. The smallest absolute Gasteiger partial charge is 0.412 e. The number of rotatable bonds is 5. The molecule has 3 rings (SSSR count). The number of carbonyl (C=O) groups is 2. The Morgan fingerprint density at radius 3 is 2.52 bits per heavy atom. The Hall–Kier alpha value is -4.07. The standard InChI is InChI=1S/C19H11Cl2N5O5/c20-13-6-10(25-26-15(8-22)18(28)31-19(23)29)7-14(21)16(13)30-11-1-2-12-9(5-11)3-4-24-17(12)27/h1-7,25H,(H2,23,29)(H,24,27). The third-order valence-corrected chi connectivity index (χ3v) is 4.31. The first-order valence-electron chi connectivity index (χ1n) is 8.32. The zero-order valence-electron chi connectivity index (χ0n) is 15.3. The van der Waals surface area contributed by atoms with Crippen LogP contribution in [0.15, 0.2) is 52.5 Å². The van der Waals surface area contributed by atoms with E-state index in [1.54, 1.807) is 24.3 Å². The monoisotopic (exact) mass is 459 g/mol. The van der Waals surface area contributed by atoms with E-state index in [1.807, 2.05) is 0 Å². The summed E-state index contributed by atoms with van der Waals surface area (Å²) in [6.45, 7) is 0. The molecule has 0 radical (unpaired) electrons. The largest absolute Gasteiger partial charge is 0.454 e. The van der Waals surface area contributed by atoms with Gasteiger partial charge in [-0.05, 0) is 41.8 Å². The van der Waals surface area contributed by atoms with Gasteiger partial charge in [0.1, 0.15) is 11.8 Å². The topological polar surface area (TPSA) is 160 Å². The van der Waals surface area contributed by atoms with Crippen LogP contribution in [-0.4, -0.2) is 22.8 Å². The molecular weight excluding hydrogens is 449 g/mol. The molecule has 0 aliphatic rings. The number of aromatic amines is 1. The summed E-state index contributed by atoms with van der Waals surface area (Å²) in [6, 6.07) is 10.8. The molecule has 156 valence electrons. The van der Waals surface area contributed by atoms with Gasteiger partial charge in [0, 0.05) is 11.6 Å². The lowest BCUT2D eigenvalue weighted by Gasteiger charge is -2.12. The van der Waals surface area contributed by atoms with Crippen LogP contribution in [0, 0.1) is 11.3 Å². The number of H-pyrrole nitrogens is 1. The molecule has 1 amide bonds. The molecule has 31 heavy (non-hydrogen) atoms. The highest BCUT2D eigenvalue weighted by Crippen LogP contribution is 2.39. The van der Waals surface area contributed by atoms with Crippen LogP contribution in [0.3, 0.4) is 0 Å². The summed E-state index contributed by atoms with van der Waals surface area (Å²) in [7, 11) is 0. The molecule has 2 aromatic carbocycles. The van der Waals surface area contributed by atoms with E-state index in [1.165, 1.54) is 24.4 Å². The van der Waals surface area contributed by atoms with E-state index in [0.29, 0.717) is 16.5 Å². The Labute approximate surface area is 183 Å². The number of pyridine rings is 1. The number of nitrogens with zero attached hydrogens (tertiary/aromatic N) is 2. The lowest BCUT2D eigenvalue weighted by Crippen LogP contribution is -2.24. The molecular formula is C19H11Cl2N5O5. The molecule has 10 nitrogen and oxygen atoms in total. The minimum Gasteiger partial charge on any atom is -0.454 e. The van der Waals surface area contributed by atoms with Crippen LogP contribution < -0.4 is 21.5 Å². The summed E-state index contributed by atoms with van der Waals surface area (Å²) in [5.41, 5.74) is 6.35. The molecule has 0 unspecified atom stereocenters. The van der Waals surface area contributed by atoms with Crippen molar-refractivity contribution in [2.24, 2.45) is 10.8 Å². The maximum atomic E-state index is 11.8. The molecule has 12 heteroatoms. The van der Waals surface area contributed by atoms with E-state index >= 15 is 0 Å². The molecule has 1 heterocycles. The number of esters is 1. The molecule has 0 spiro atoms. The third kappa shape index (κ3) is 5.11. The van der Waals surface area contributed by atoms with E-state index in [0.717, 1.165) is 0 Å². The third-order valence-electron chi connectivity index (χ3n) is 3.75. The minimum absolute atomic E-state index is 0.0921. The maximum Gasteiger partial charge on any atom is 0.412 e. The van der Waals surface area contributed by atoms with Gasteiger partial charge in [-0.3, -0.25) is 10.2 Å². The van der Waals surface area contributed by atoms with Crippen molar-refractivity contribution in [1.82, 2.24) is 4.98 Å². The Bertz CT molecular complexity index is 1310. The number of hydrogen-bond acceptors (Lipinski definition) is 8. The van der Waals surface area contributed by atoms with Crippen molar-refractivity contribution < 1.29 is 19.1 Å². The number of nitriles is 1. The number of amides is 1. The molecule has 0 saturated carbocycles. The zero-order chi connectivity index (χ0) is 22.5. The molecule has 0 atom stereocenters. The SMILES string of the molecule is N#CC(=NNc1cc(Cl)c(Oc2ccc3c(=O)[nH]ccc3c2)c(Cl)c1)C(=O)OC(N)=O. The van der Waals surface area contributed by atoms with E-state index < -0.39 is 17.8 Å². The fourth-order valence-electron chi connectivity index (χ4n) is 2.45. The van der Waals surface area contributed by atoms with Gasteiger partial charge in [-0.1, -0.05) is 23.2 Å². The van der Waals surface area contributed by atoms with E-state index in [9.17, 15) is 14.4 Å². The number of aromatic nitrogens is 1. The number of ether oxygens (including phenoxy) is 2. The quantitative estimate of drug-likeness (QED) is 0.227. The summed E-state index contributed by atoms with van der Waals surface area (Å²) in [5, 5.41) is 13.8. The normalized spacial score (nSPS) is 10.9. The molecule has 0 saturated heterocycles. The van der Waals surface area contributed by atoms with Crippen LogP contribution >= 0.6 is 23.2 Å². The predicted octanol–water partition coefficient (Wildman–Crippen LogP) is 3.54. The van der Waals surface area contributed by atoms with Gasteiger partial charge < -0.3 is 20.2 Å². The van der Waals surface area contributed by atoms with Crippen LogP contribution in [0.25, 0.3) is 10.8 Å². The molecule has 3 aromatic rings. The van der Waals surface area contributed by atoms with Gasteiger partial charge in [0.15, 0.2) is 5.75 Å². The molecule has 4 N–H and O–H groups in total. The summed E-state index contributed by atoms with van der Waals surface area (Å²) in [5.74, 6) is -0.799. The van der Waals surface area contributed by atoms with Gasteiger partial charge in [-0.2, -0.15) is 10.4 Å². The number of nitrogens with one attached hydrogen (secondary N) is 2. The van der Waals surface area contributed by atoms with Crippen molar-refractivity contribution in [3.05, 3.63) is 63.0 Å². The van der Waals surface area contributed by atoms with Crippen LogP contribution in [-0.2, 0) is 9.53 Å². The van der Waals surface area contributed by atoms with Gasteiger partial charge in [-0.15, -0.1) is 0 Å². The van der Waals surface area contributed by atoms with Gasteiger partial charge in [0.2, 0.25) is 5.71 Å². The summed E-state index contributed by atoms with van der Waals surface area (Å²) >= 11 is 12.5. The molecule has 0 bridgehead atoms. The first kappa shape index (κ1) is 21.6. The number of nitrogens with two attached hydrogens (primary N) is 1. The highest BCUT2D eigenvalue weighted by molar-refractivity contribution is 6.44. The predicted molar refractivity (Wildman–Crippen MR) is 113 cm³/mol. The second kappa shape index (κ2) is 9.17. The van der Waals surface area contributed by atoms with Crippen molar-refractivity contribution in [1.29, 1.82) is 5.26 Å². The highest BCUT2D eigenvalue weighted by atomic mass is 35.5. The van der Waals surface area contributed by atoms with Crippen LogP contribution in [0.2, 0.25) is 10.0 Å². The Morgan fingerprint density at radius 2 is 1.87 bits per heavy atom. The van der Waals surface area contributed by atoms with Crippen molar-refractivity contribution in [2.45, 2.75) is 0 Å². The fourth-order valence-corrected chi connectivity index (χ4v) is 3.01. The van der Waals surface area contributed by atoms with Gasteiger partial charge in [0.05, 0.1) is 15.7 Å². The van der Waals surface area contributed by atoms with E-state index in [2.05, 4.69) is 20.2 Å². The maximum absolute atomic E-state index is 11.8. The second-order valence-electron chi connectivity index (χ2n) is 5.82. The number of fused-ring (bicyclic) bond motifs is 1. The summed E-state index contributed by atoms with van der Waals surface area (Å²) < 4.78 is 9.83. The van der Waals surface area contributed by atoms with Crippen molar-refractivity contribution in [3.8, 4) is 17.6 Å². The van der Waals surface area contributed by atoms with Crippen LogP contribution in [0.4, 0.5) is 10.5 Å². The number of halogens is 2. The van der Waals surface area contributed by atoms with E-state index in [-0.39, 0.29) is 27.0 Å². The second-order valence-corrected chi connectivity index (χ2v) is 6.63. The minimum atomic E-state index is -1.38. The van der Waals surface area contributed by atoms with Crippen molar-refractivity contribution in [3.63, 3.8) is 0 Å². The van der Waals surface area contributed by atoms with Crippen molar-refractivity contribution in [2.75, 3.05) is 5.43 Å². The number of hydrogen-bond donors (Lipinski definition) is 3. The molecule has 0 aliphatic heterocycles. The number of hydrazone groups is 1. The lowest BCUT2D eigenvalue weighted by atomic mass is 10.2. The van der Waals surface area contributed by atoms with Crippen LogP contribution in [0.5, 0.6) is 11.5 Å². The number of carbonyl (C=O) groups excluding carboxylic acids is 2. The van der Waals surface area contributed by atoms with Gasteiger partial charge in [-0.25, -0.2) is 9.59 Å². The highest BCUT2D eigenvalue weighted by Gasteiger charge is 2.16. The molecule has 0 aliphatic carbocycles. The Morgan fingerprint density at radius 1 is 1.16 bits per heavy atom.